The molecule has 0 aliphatic carbocycles. The van der Waals surface area contributed by atoms with E-state index < -0.39 is 5.97 Å². The summed E-state index contributed by atoms with van der Waals surface area (Å²) in [5.74, 6) is -0.545. The predicted molar refractivity (Wildman–Crippen MR) is 94.9 cm³/mol. The van der Waals surface area contributed by atoms with E-state index in [1.54, 1.807) is 6.20 Å². The van der Waals surface area contributed by atoms with Crippen LogP contribution in [0.2, 0.25) is 0 Å². The first-order valence-electron chi connectivity index (χ1n) is 6.48. The molecular formula is C15H13BrN4O2S. The van der Waals surface area contributed by atoms with Gasteiger partial charge in [-0.05, 0) is 31.2 Å². The van der Waals surface area contributed by atoms with Crippen molar-refractivity contribution in [3.05, 3.63) is 53.2 Å². The number of nitrogens with one attached hydrogen (secondary N) is 1. The van der Waals surface area contributed by atoms with Gasteiger partial charge in [0, 0.05) is 17.3 Å². The summed E-state index contributed by atoms with van der Waals surface area (Å²) >= 11 is 1.47. The second-order valence-electron chi connectivity index (χ2n) is 4.50. The summed E-state index contributed by atoms with van der Waals surface area (Å²) in [4.78, 5) is 24.9. The van der Waals surface area contributed by atoms with Crippen LogP contribution in [0.15, 0.2) is 42.7 Å². The number of thiazole rings is 1. The fraction of sp³-hybridized carbons (Fsp3) is 0.0667. The molecule has 118 valence electrons. The first-order chi connectivity index (χ1) is 10.6. The number of pyridine rings is 2. The predicted octanol–water partition coefficient (Wildman–Crippen LogP) is 3.93. The second-order valence-corrected chi connectivity index (χ2v) is 5.70. The van der Waals surface area contributed by atoms with Crippen molar-refractivity contribution < 1.29 is 9.90 Å². The van der Waals surface area contributed by atoms with Crippen LogP contribution in [0.5, 0.6) is 0 Å². The van der Waals surface area contributed by atoms with E-state index in [0.29, 0.717) is 10.9 Å². The fourth-order valence-corrected chi connectivity index (χ4v) is 2.76. The van der Waals surface area contributed by atoms with E-state index in [4.69, 9.17) is 5.11 Å². The van der Waals surface area contributed by atoms with Crippen molar-refractivity contribution in [2.24, 2.45) is 0 Å². The van der Waals surface area contributed by atoms with Crippen molar-refractivity contribution in [3.63, 3.8) is 0 Å². The lowest BCUT2D eigenvalue weighted by atomic mass is 10.2. The largest absolute Gasteiger partial charge is 0.478 e. The van der Waals surface area contributed by atoms with E-state index in [2.05, 4.69) is 20.3 Å². The number of aromatic carboxylic acids is 1. The van der Waals surface area contributed by atoms with Crippen LogP contribution < -0.4 is 5.32 Å². The lowest BCUT2D eigenvalue weighted by Crippen LogP contribution is -1.99. The second kappa shape index (κ2) is 7.30. The summed E-state index contributed by atoms with van der Waals surface area (Å²) in [6, 6.07) is 8.58. The van der Waals surface area contributed by atoms with Crippen LogP contribution >= 0.6 is 28.3 Å². The van der Waals surface area contributed by atoms with E-state index in [1.165, 1.54) is 29.7 Å². The number of carboxylic acids is 1. The van der Waals surface area contributed by atoms with Crippen molar-refractivity contribution >= 4 is 45.2 Å². The summed E-state index contributed by atoms with van der Waals surface area (Å²) in [7, 11) is 0. The fourth-order valence-electron chi connectivity index (χ4n) is 1.93. The van der Waals surface area contributed by atoms with Gasteiger partial charge < -0.3 is 10.4 Å². The number of aromatic nitrogens is 3. The molecular weight excluding hydrogens is 380 g/mol. The normalized spacial score (nSPS) is 9.96. The summed E-state index contributed by atoms with van der Waals surface area (Å²) in [5.41, 5.74) is 1.79. The zero-order valence-corrected chi connectivity index (χ0v) is 14.6. The zero-order chi connectivity index (χ0) is 15.5. The molecule has 0 aliphatic heterocycles. The van der Waals surface area contributed by atoms with Crippen molar-refractivity contribution in [2.45, 2.75) is 6.92 Å². The molecule has 0 fully saturated rings. The highest BCUT2D eigenvalue weighted by atomic mass is 79.9. The van der Waals surface area contributed by atoms with Gasteiger partial charge in [0.25, 0.3) is 0 Å². The highest BCUT2D eigenvalue weighted by molar-refractivity contribution is 8.93. The van der Waals surface area contributed by atoms with Crippen LogP contribution in [0.3, 0.4) is 0 Å². The number of aryl methyl sites for hydroxylation is 1. The number of nitrogens with zero attached hydrogens (tertiary/aromatic N) is 3. The summed E-state index contributed by atoms with van der Waals surface area (Å²) in [5, 5.41) is 12.7. The Kier molecular flexibility index (Phi) is 5.41. The maximum atomic E-state index is 11.0. The van der Waals surface area contributed by atoms with Gasteiger partial charge in [0.1, 0.15) is 11.5 Å². The maximum absolute atomic E-state index is 11.0. The Hall–Kier alpha value is -2.32. The number of rotatable bonds is 4. The molecule has 0 aliphatic rings. The van der Waals surface area contributed by atoms with Crippen LogP contribution in [0, 0.1) is 6.92 Å². The molecule has 0 saturated heterocycles. The van der Waals surface area contributed by atoms with E-state index in [0.717, 1.165) is 16.3 Å². The molecule has 6 nitrogen and oxygen atoms in total. The molecule has 23 heavy (non-hydrogen) atoms. The summed E-state index contributed by atoms with van der Waals surface area (Å²) < 4.78 is 0. The molecule has 0 unspecified atom stereocenters. The molecule has 3 aromatic rings. The first kappa shape index (κ1) is 17.0. The number of hydrogen-bond acceptors (Lipinski definition) is 6. The highest BCUT2D eigenvalue weighted by Crippen LogP contribution is 2.30. The number of halogens is 1. The first-order valence-corrected chi connectivity index (χ1v) is 7.30. The average molecular weight is 393 g/mol. The molecule has 8 heteroatoms. The molecule has 3 rings (SSSR count). The SMILES string of the molecule is Br.Cc1sc(Nc2cc(C(=O)O)ccn2)nc1-c1ccccn1. The van der Waals surface area contributed by atoms with Crippen molar-refractivity contribution in [2.75, 3.05) is 5.32 Å². The van der Waals surface area contributed by atoms with Crippen molar-refractivity contribution in [1.82, 2.24) is 15.0 Å². The number of hydrogen-bond donors (Lipinski definition) is 2. The number of anilines is 2. The van der Waals surface area contributed by atoms with Crippen molar-refractivity contribution in [1.29, 1.82) is 0 Å². The molecule has 0 bridgehead atoms. The van der Waals surface area contributed by atoms with Crippen LogP contribution in [0.25, 0.3) is 11.4 Å². The molecule has 0 radical (unpaired) electrons. The standard InChI is InChI=1S/C15H12N4O2S.BrH/c1-9-13(11-4-2-3-6-16-11)19-15(22-9)18-12-8-10(14(20)21)5-7-17-12;/h2-8H,1H3,(H,20,21)(H,17,18,19);1H. The summed E-state index contributed by atoms with van der Waals surface area (Å²) in [6.07, 6.45) is 3.17. The minimum absolute atomic E-state index is 0. The average Bonchev–Trinajstić information content (AvgIpc) is 2.89. The van der Waals surface area contributed by atoms with Crippen LogP contribution in [0.1, 0.15) is 15.2 Å². The molecule has 0 aromatic carbocycles. The van der Waals surface area contributed by atoms with Crippen molar-refractivity contribution in [3.8, 4) is 11.4 Å². The Bertz CT molecular complexity index is 823. The molecule has 2 N–H and O–H groups in total. The Morgan fingerprint density at radius 2 is 2.04 bits per heavy atom. The van der Waals surface area contributed by atoms with E-state index in [9.17, 15) is 4.79 Å². The van der Waals surface area contributed by atoms with Crippen LogP contribution in [-0.2, 0) is 0 Å². The van der Waals surface area contributed by atoms with Crippen LogP contribution in [0.4, 0.5) is 10.9 Å². The lowest BCUT2D eigenvalue weighted by Gasteiger charge is -2.02. The smallest absolute Gasteiger partial charge is 0.335 e. The minimum Gasteiger partial charge on any atom is -0.478 e. The number of carbonyl (C=O) groups is 1. The van der Waals surface area contributed by atoms with E-state index >= 15 is 0 Å². The van der Waals surface area contributed by atoms with Gasteiger partial charge in [-0.3, -0.25) is 4.98 Å². The monoisotopic (exact) mass is 392 g/mol. The maximum Gasteiger partial charge on any atom is 0.335 e. The molecule has 0 amide bonds. The highest BCUT2D eigenvalue weighted by Gasteiger charge is 2.12. The minimum atomic E-state index is -0.991. The quantitative estimate of drug-likeness (QED) is 0.699. The van der Waals surface area contributed by atoms with E-state index in [-0.39, 0.29) is 22.5 Å². The van der Waals surface area contributed by atoms with Crippen LogP contribution in [-0.4, -0.2) is 26.0 Å². The molecule has 0 saturated carbocycles. The molecule has 0 atom stereocenters. The number of carboxylic acid groups (broad SMARTS) is 1. The third kappa shape index (κ3) is 3.91. The van der Waals surface area contributed by atoms with Gasteiger partial charge in [0.15, 0.2) is 5.13 Å². The topological polar surface area (TPSA) is 88.0 Å². The Morgan fingerprint density at radius 3 is 2.74 bits per heavy atom. The Balaban J connectivity index is 0.00000192. The van der Waals surface area contributed by atoms with Gasteiger partial charge in [-0.1, -0.05) is 6.07 Å². The lowest BCUT2D eigenvalue weighted by molar-refractivity contribution is 0.0697. The molecule has 3 aromatic heterocycles. The molecule has 0 spiro atoms. The van der Waals surface area contributed by atoms with Gasteiger partial charge in [-0.15, -0.1) is 28.3 Å². The van der Waals surface area contributed by atoms with Gasteiger partial charge >= 0.3 is 5.97 Å². The third-order valence-electron chi connectivity index (χ3n) is 2.95. The molecule has 3 heterocycles. The Morgan fingerprint density at radius 1 is 1.22 bits per heavy atom. The zero-order valence-electron chi connectivity index (χ0n) is 12.1. The van der Waals surface area contributed by atoms with Gasteiger partial charge in [0.05, 0.1) is 11.3 Å². The van der Waals surface area contributed by atoms with Gasteiger partial charge in [0.2, 0.25) is 0 Å². The van der Waals surface area contributed by atoms with Gasteiger partial charge in [-0.25, -0.2) is 14.8 Å². The van der Waals surface area contributed by atoms with E-state index in [1.807, 2.05) is 25.1 Å². The summed E-state index contributed by atoms with van der Waals surface area (Å²) in [6.45, 7) is 1.97. The third-order valence-corrected chi connectivity index (χ3v) is 3.83. The Labute approximate surface area is 147 Å². The van der Waals surface area contributed by atoms with Gasteiger partial charge in [-0.2, -0.15) is 0 Å².